The van der Waals surface area contributed by atoms with Gasteiger partial charge in [0, 0.05) is 26.1 Å². The van der Waals surface area contributed by atoms with E-state index in [9.17, 15) is 0 Å². The van der Waals surface area contributed by atoms with Gasteiger partial charge < -0.3 is 15.2 Å². The molecule has 0 spiro atoms. The maximum Gasteiger partial charge on any atom is 0.226 e. The largest absolute Gasteiger partial charge is 0.357 e. The molecule has 0 amide bonds. The first kappa shape index (κ1) is 19.5. The summed E-state index contributed by atoms with van der Waals surface area (Å²) >= 11 is 0. The molecule has 0 bridgehead atoms. The highest BCUT2D eigenvalue weighted by Gasteiger charge is 2.06. The van der Waals surface area contributed by atoms with Gasteiger partial charge in [0.2, 0.25) is 5.89 Å². The highest BCUT2D eigenvalue weighted by molar-refractivity contribution is 5.79. The summed E-state index contributed by atoms with van der Waals surface area (Å²) in [6.07, 6.45) is 6.75. The van der Waals surface area contributed by atoms with Crippen LogP contribution in [0.15, 0.2) is 9.52 Å². The second-order valence-corrected chi connectivity index (χ2v) is 5.90. The summed E-state index contributed by atoms with van der Waals surface area (Å²) in [6.45, 7) is 11.0. The molecule has 0 aliphatic rings. The molecule has 1 aromatic heterocycles. The Kier molecular flexibility index (Phi) is 10.1. The van der Waals surface area contributed by atoms with Crippen LogP contribution < -0.4 is 10.6 Å². The Hall–Kier alpha value is -1.59. The van der Waals surface area contributed by atoms with Gasteiger partial charge in [-0.25, -0.2) is 0 Å². The van der Waals surface area contributed by atoms with Crippen molar-refractivity contribution >= 4 is 5.96 Å². The maximum absolute atomic E-state index is 5.12. The van der Waals surface area contributed by atoms with Crippen LogP contribution in [0.3, 0.4) is 0 Å². The van der Waals surface area contributed by atoms with Crippen LogP contribution in [0.1, 0.15) is 64.6 Å². The molecule has 6 heteroatoms. The van der Waals surface area contributed by atoms with Crippen LogP contribution >= 0.6 is 0 Å². The molecule has 0 aliphatic carbocycles. The molecule has 0 aromatic carbocycles. The van der Waals surface area contributed by atoms with E-state index in [1.165, 1.54) is 25.7 Å². The third-order valence-electron chi connectivity index (χ3n) is 3.82. The standard InChI is InChI=1S/C17H33N5O/c1-5-8-10-15(6-2)13-20-17(18-7-3)19-12-9-11-16-21-14(4)22-23-16/h15H,5-13H2,1-4H3,(H2,18,19,20). The molecular weight excluding hydrogens is 290 g/mol. The van der Waals surface area contributed by atoms with Crippen LogP contribution in [0.4, 0.5) is 0 Å². The van der Waals surface area contributed by atoms with Gasteiger partial charge in [-0.2, -0.15) is 4.98 Å². The summed E-state index contributed by atoms with van der Waals surface area (Å²) < 4.78 is 5.12. The lowest BCUT2D eigenvalue weighted by molar-refractivity contribution is 0.372. The average Bonchev–Trinajstić information content (AvgIpc) is 2.96. The fraction of sp³-hybridized carbons (Fsp3) is 0.824. The normalized spacial score (nSPS) is 13.1. The second-order valence-electron chi connectivity index (χ2n) is 5.90. The summed E-state index contributed by atoms with van der Waals surface area (Å²) in [6, 6.07) is 0. The zero-order valence-electron chi connectivity index (χ0n) is 15.2. The molecule has 2 N–H and O–H groups in total. The van der Waals surface area contributed by atoms with Gasteiger partial charge in [-0.15, -0.1) is 0 Å². The van der Waals surface area contributed by atoms with Crippen LogP contribution in [0.2, 0.25) is 0 Å². The van der Waals surface area contributed by atoms with E-state index >= 15 is 0 Å². The summed E-state index contributed by atoms with van der Waals surface area (Å²) in [4.78, 5) is 8.94. The number of rotatable bonds is 11. The average molecular weight is 323 g/mol. The molecule has 0 saturated carbocycles. The first-order valence-corrected chi connectivity index (χ1v) is 9.00. The Morgan fingerprint density at radius 2 is 2.04 bits per heavy atom. The minimum absolute atomic E-state index is 0.687. The van der Waals surface area contributed by atoms with Crippen molar-refractivity contribution < 1.29 is 4.52 Å². The topological polar surface area (TPSA) is 75.3 Å². The SMILES string of the molecule is CCCCC(CC)CN=C(NCC)NCCCc1nc(C)no1. The Morgan fingerprint density at radius 1 is 1.22 bits per heavy atom. The highest BCUT2D eigenvalue weighted by Crippen LogP contribution is 2.12. The third kappa shape index (κ3) is 8.57. The van der Waals surface area contributed by atoms with Crippen molar-refractivity contribution in [3.63, 3.8) is 0 Å². The molecule has 1 unspecified atom stereocenters. The number of hydrogen-bond acceptors (Lipinski definition) is 4. The summed E-state index contributed by atoms with van der Waals surface area (Å²) in [5, 5.41) is 10.5. The summed E-state index contributed by atoms with van der Waals surface area (Å²) in [5.74, 6) is 2.99. The van der Waals surface area contributed by atoms with Gasteiger partial charge in [-0.05, 0) is 32.6 Å². The number of nitrogens with one attached hydrogen (secondary N) is 2. The third-order valence-corrected chi connectivity index (χ3v) is 3.82. The number of aliphatic imine (C=N–C) groups is 1. The molecule has 6 nitrogen and oxygen atoms in total. The van der Waals surface area contributed by atoms with Gasteiger partial charge in [0.1, 0.15) is 0 Å². The molecule has 23 heavy (non-hydrogen) atoms. The van der Waals surface area contributed by atoms with Crippen molar-refractivity contribution in [1.29, 1.82) is 0 Å². The minimum atomic E-state index is 0.687. The molecule has 0 saturated heterocycles. The number of nitrogens with zero attached hydrogens (tertiary/aromatic N) is 3. The van der Waals surface area contributed by atoms with Gasteiger partial charge in [0.15, 0.2) is 11.8 Å². The van der Waals surface area contributed by atoms with Crippen molar-refractivity contribution in [2.24, 2.45) is 10.9 Å². The van der Waals surface area contributed by atoms with E-state index in [1.54, 1.807) is 0 Å². The van der Waals surface area contributed by atoms with E-state index in [1.807, 2.05) is 6.92 Å². The van der Waals surface area contributed by atoms with Crippen LogP contribution in [0, 0.1) is 12.8 Å². The van der Waals surface area contributed by atoms with Crippen molar-refractivity contribution in [2.75, 3.05) is 19.6 Å². The molecule has 1 rings (SSSR count). The monoisotopic (exact) mass is 323 g/mol. The van der Waals surface area contributed by atoms with Gasteiger partial charge in [0.25, 0.3) is 0 Å². The molecule has 1 atom stereocenters. The quantitative estimate of drug-likeness (QED) is 0.372. The molecule has 0 aliphatic heterocycles. The molecule has 1 heterocycles. The zero-order valence-corrected chi connectivity index (χ0v) is 15.2. The summed E-state index contributed by atoms with van der Waals surface area (Å²) in [7, 11) is 0. The summed E-state index contributed by atoms with van der Waals surface area (Å²) in [5.41, 5.74) is 0. The van der Waals surface area contributed by atoms with Gasteiger partial charge in [-0.3, -0.25) is 4.99 Å². The van der Waals surface area contributed by atoms with Crippen molar-refractivity contribution in [2.45, 2.75) is 66.2 Å². The lowest BCUT2D eigenvalue weighted by atomic mass is 10.00. The molecule has 132 valence electrons. The number of guanidine groups is 1. The van der Waals surface area contributed by atoms with E-state index < -0.39 is 0 Å². The van der Waals surface area contributed by atoms with Gasteiger partial charge >= 0.3 is 0 Å². The van der Waals surface area contributed by atoms with Crippen molar-refractivity contribution in [1.82, 2.24) is 20.8 Å². The highest BCUT2D eigenvalue weighted by atomic mass is 16.5. The van der Waals surface area contributed by atoms with Crippen molar-refractivity contribution in [3.05, 3.63) is 11.7 Å². The lowest BCUT2D eigenvalue weighted by Crippen LogP contribution is -2.38. The molecule has 0 fully saturated rings. The Labute approximate surface area is 140 Å². The Morgan fingerprint density at radius 3 is 2.65 bits per heavy atom. The Bertz CT molecular complexity index is 444. The van der Waals surface area contributed by atoms with E-state index in [4.69, 9.17) is 9.52 Å². The zero-order chi connectivity index (χ0) is 16.9. The predicted molar refractivity (Wildman–Crippen MR) is 94.6 cm³/mol. The molecule has 1 aromatic rings. The first-order valence-electron chi connectivity index (χ1n) is 9.00. The van der Waals surface area contributed by atoms with Crippen LogP contribution in [-0.4, -0.2) is 35.7 Å². The predicted octanol–water partition coefficient (Wildman–Crippen LogP) is 3.08. The van der Waals surface area contributed by atoms with Gasteiger partial charge in [0.05, 0.1) is 0 Å². The van der Waals surface area contributed by atoms with Crippen LogP contribution in [-0.2, 0) is 6.42 Å². The minimum Gasteiger partial charge on any atom is -0.357 e. The number of unbranched alkanes of at least 4 members (excludes halogenated alkanes) is 1. The van der Waals surface area contributed by atoms with Crippen LogP contribution in [0.25, 0.3) is 0 Å². The molecule has 0 radical (unpaired) electrons. The Balaban J connectivity index is 2.33. The number of hydrogen-bond donors (Lipinski definition) is 2. The fourth-order valence-corrected chi connectivity index (χ4v) is 2.37. The van der Waals surface area contributed by atoms with Gasteiger partial charge in [-0.1, -0.05) is 38.3 Å². The van der Waals surface area contributed by atoms with E-state index in [0.29, 0.717) is 17.6 Å². The smallest absolute Gasteiger partial charge is 0.226 e. The maximum atomic E-state index is 5.12. The van der Waals surface area contributed by atoms with Crippen molar-refractivity contribution in [3.8, 4) is 0 Å². The van der Waals surface area contributed by atoms with Crippen LogP contribution in [0.5, 0.6) is 0 Å². The first-order chi connectivity index (χ1) is 11.2. The van der Waals surface area contributed by atoms with E-state index in [-0.39, 0.29) is 0 Å². The van der Waals surface area contributed by atoms with E-state index in [0.717, 1.165) is 38.4 Å². The molecular formula is C17H33N5O. The number of aromatic nitrogens is 2. The fourth-order valence-electron chi connectivity index (χ4n) is 2.37. The van der Waals surface area contributed by atoms with E-state index in [2.05, 4.69) is 41.5 Å². The number of aryl methyl sites for hydroxylation is 2. The lowest BCUT2D eigenvalue weighted by Gasteiger charge is -2.14. The second kappa shape index (κ2) is 11.9.